The molecule has 0 spiro atoms. The second-order valence-electron chi connectivity index (χ2n) is 8.87. The molecule has 0 amide bonds. The minimum Gasteiger partial charge on any atom is -0.203 e. The minimum absolute atomic E-state index is 0. The first kappa shape index (κ1) is 29.5. The number of aryl methyl sites for hydroxylation is 3. The molecule has 5 heteroatoms. The Labute approximate surface area is 246 Å². The van der Waals surface area contributed by atoms with Gasteiger partial charge in [0.05, 0.1) is 0 Å². The Morgan fingerprint density at radius 1 is 0.421 bits per heavy atom. The summed E-state index contributed by atoms with van der Waals surface area (Å²) in [6, 6.07) is 30.8. The van der Waals surface area contributed by atoms with E-state index >= 15 is 0 Å². The van der Waals surface area contributed by atoms with E-state index in [4.69, 9.17) is 0 Å². The summed E-state index contributed by atoms with van der Waals surface area (Å²) < 4.78 is 55.7. The fourth-order valence-electron chi connectivity index (χ4n) is 3.90. The van der Waals surface area contributed by atoms with Crippen molar-refractivity contribution in [1.29, 1.82) is 0 Å². The van der Waals surface area contributed by atoms with Gasteiger partial charge in [-0.15, -0.1) is 5.56 Å². The van der Waals surface area contributed by atoms with E-state index in [0.717, 1.165) is 11.1 Å². The molecule has 0 nitrogen and oxygen atoms in total. The molecule has 0 aliphatic rings. The molecule has 0 atom stereocenters. The van der Waals surface area contributed by atoms with Crippen molar-refractivity contribution in [2.75, 3.05) is 0 Å². The SMILES string of the molecule is Cc1ccc(-c2ccc(-c3cc[c-]cc3)c(F)c2F)cc1.Cc1ccc(-c2ccc(C)c(F)c2F)cc1.[Y]. The topological polar surface area (TPSA) is 0 Å². The van der Waals surface area contributed by atoms with E-state index in [1.165, 1.54) is 0 Å². The third kappa shape index (κ3) is 6.67. The molecular weight excluding hydrogens is 561 g/mol. The molecule has 0 aromatic heterocycles. The molecule has 5 aromatic rings. The van der Waals surface area contributed by atoms with Crippen LogP contribution in [0.5, 0.6) is 0 Å². The Balaban J connectivity index is 0.000000213. The average molecular weight is 586 g/mol. The molecule has 0 bridgehead atoms. The van der Waals surface area contributed by atoms with Crippen LogP contribution < -0.4 is 0 Å². The zero-order valence-corrected chi connectivity index (χ0v) is 24.2. The molecule has 0 heterocycles. The van der Waals surface area contributed by atoms with Crippen LogP contribution in [0.1, 0.15) is 16.7 Å². The first-order chi connectivity index (χ1) is 17.8. The van der Waals surface area contributed by atoms with Crippen molar-refractivity contribution in [3.8, 4) is 33.4 Å². The van der Waals surface area contributed by atoms with Gasteiger partial charge in [-0.25, -0.2) is 17.6 Å². The Morgan fingerprint density at radius 3 is 1.18 bits per heavy atom. The Hall–Kier alpha value is -3.08. The van der Waals surface area contributed by atoms with Gasteiger partial charge < -0.3 is 0 Å². The molecule has 0 saturated heterocycles. The van der Waals surface area contributed by atoms with Crippen LogP contribution in [0.4, 0.5) is 17.6 Å². The predicted octanol–water partition coefficient (Wildman–Crippen LogP) is 9.65. The van der Waals surface area contributed by atoms with Gasteiger partial charge in [-0.1, -0.05) is 83.9 Å². The summed E-state index contributed by atoms with van der Waals surface area (Å²) in [5, 5.41) is 0. The molecule has 0 saturated carbocycles. The Bertz CT molecular complexity index is 1510. The van der Waals surface area contributed by atoms with Crippen molar-refractivity contribution < 1.29 is 50.3 Å². The van der Waals surface area contributed by atoms with E-state index in [2.05, 4.69) is 6.07 Å². The Morgan fingerprint density at radius 2 is 0.763 bits per heavy atom. The molecule has 1 radical (unpaired) electrons. The van der Waals surface area contributed by atoms with Gasteiger partial charge in [-0.2, -0.15) is 30.3 Å². The molecule has 0 aliphatic carbocycles. The summed E-state index contributed by atoms with van der Waals surface area (Å²) in [5.74, 6) is -3.18. The van der Waals surface area contributed by atoms with Crippen molar-refractivity contribution in [1.82, 2.24) is 0 Å². The third-order valence-electron chi connectivity index (χ3n) is 6.11. The summed E-state index contributed by atoms with van der Waals surface area (Å²) in [6.07, 6.45) is 0. The molecule has 189 valence electrons. The van der Waals surface area contributed by atoms with Gasteiger partial charge in [-0.05, 0) is 43.0 Å². The zero-order chi connectivity index (χ0) is 26.5. The van der Waals surface area contributed by atoms with Crippen LogP contribution in [-0.2, 0) is 32.7 Å². The summed E-state index contributed by atoms with van der Waals surface area (Å²) in [5.41, 5.74) is 5.36. The molecule has 38 heavy (non-hydrogen) atoms. The van der Waals surface area contributed by atoms with Crippen LogP contribution >= 0.6 is 0 Å². The fourth-order valence-corrected chi connectivity index (χ4v) is 3.90. The molecule has 0 N–H and O–H groups in total. The van der Waals surface area contributed by atoms with Gasteiger partial charge in [0.2, 0.25) is 0 Å². The second-order valence-corrected chi connectivity index (χ2v) is 8.87. The first-order valence-electron chi connectivity index (χ1n) is 11.8. The predicted molar refractivity (Wildman–Crippen MR) is 142 cm³/mol. The summed E-state index contributed by atoms with van der Waals surface area (Å²) in [6.45, 7) is 5.46. The Kier molecular flexibility index (Phi) is 10.2. The van der Waals surface area contributed by atoms with Crippen molar-refractivity contribution >= 4 is 0 Å². The maximum atomic E-state index is 14.4. The van der Waals surface area contributed by atoms with Gasteiger partial charge in [-0.3, -0.25) is 0 Å². The van der Waals surface area contributed by atoms with Crippen LogP contribution in [0.3, 0.4) is 0 Å². The molecule has 0 unspecified atom stereocenters. The molecule has 5 aromatic carbocycles. The number of rotatable bonds is 3. The van der Waals surface area contributed by atoms with Gasteiger partial charge in [0.15, 0.2) is 23.3 Å². The maximum Gasteiger partial charge on any atom is 0.167 e. The van der Waals surface area contributed by atoms with Crippen molar-refractivity contribution in [3.05, 3.63) is 143 Å². The van der Waals surface area contributed by atoms with Crippen LogP contribution in [0.2, 0.25) is 0 Å². The summed E-state index contributed by atoms with van der Waals surface area (Å²) >= 11 is 0. The number of hydrogen-bond donors (Lipinski definition) is 0. The number of benzene rings is 5. The van der Waals surface area contributed by atoms with Crippen LogP contribution in [0.15, 0.2) is 97.1 Å². The standard InChI is InChI=1S/C19H13F2.C14H12F2.Y/c1-13-7-9-15(10-8-13)17-12-11-16(18(20)19(17)21)14-5-3-2-4-6-14;1-9-3-6-11(7-4-9)12-8-5-10(2)13(15)14(12)16;/h3-12H,1H3;3-8H,1-2H3;/q-1;;. The third-order valence-corrected chi connectivity index (χ3v) is 6.11. The average Bonchev–Trinajstić information content (AvgIpc) is 2.91. The first-order valence-corrected chi connectivity index (χ1v) is 11.8. The van der Waals surface area contributed by atoms with E-state index in [1.54, 1.807) is 79.7 Å². The van der Waals surface area contributed by atoms with Gasteiger partial charge in [0, 0.05) is 43.8 Å². The van der Waals surface area contributed by atoms with E-state index < -0.39 is 23.3 Å². The molecule has 0 aliphatic heterocycles. The van der Waals surface area contributed by atoms with Gasteiger partial charge in [0.25, 0.3) is 0 Å². The van der Waals surface area contributed by atoms with Gasteiger partial charge >= 0.3 is 0 Å². The van der Waals surface area contributed by atoms with Crippen molar-refractivity contribution in [2.45, 2.75) is 20.8 Å². The normalized spacial score (nSPS) is 10.3. The van der Waals surface area contributed by atoms with Gasteiger partial charge in [0.1, 0.15) is 0 Å². The smallest absolute Gasteiger partial charge is 0.167 e. The van der Waals surface area contributed by atoms with Crippen LogP contribution in [0, 0.1) is 50.1 Å². The van der Waals surface area contributed by atoms with E-state index in [1.807, 2.05) is 38.1 Å². The van der Waals surface area contributed by atoms with E-state index in [0.29, 0.717) is 27.8 Å². The quantitative estimate of drug-likeness (QED) is 0.146. The summed E-state index contributed by atoms with van der Waals surface area (Å²) in [4.78, 5) is 0. The second kappa shape index (κ2) is 13.1. The molecule has 5 rings (SSSR count). The summed E-state index contributed by atoms with van der Waals surface area (Å²) in [7, 11) is 0. The van der Waals surface area contributed by atoms with E-state index in [9.17, 15) is 17.6 Å². The van der Waals surface area contributed by atoms with Crippen LogP contribution in [-0.4, -0.2) is 0 Å². The van der Waals surface area contributed by atoms with E-state index in [-0.39, 0.29) is 43.8 Å². The zero-order valence-electron chi connectivity index (χ0n) is 21.3. The minimum atomic E-state index is -0.820. The number of halogens is 4. The number of hydrogen-bond acceptors (Lipinski definition) is 0. The molecular formula is C33H25F4Y-. The maximum absolute atomic E-state index is 14.4. The van der Waals surface area contributed by atoms with Crippen LogP contribution in [0.25, 0.3) is 33.4 Å². The monoisotopic (exact) mass is 586 g/mol. The van der Waals surface area contributed by atoms with Crippen molar-refractivity contribution in [2.24, 2.45) is 0 Å². The largest absolute Gasteiger partial charge is 0.203 e. The molecule has 0 fully saturated rings. The van der Waals surface area contributed by atoms with Crippen molar-refractivity contribution in [3.63, 3.8) is 0 Å². The fraction of sp³-hybridized carbons (Fsp3) is 0.0909.